The van der Waals surface area contributed by atoms with Gasteiger partial charge in [-0.25, -0.2) is 4.99 Å². The number of benzene rings is 8. The lowest BCUT2D eigenvalue weighted by Gasteiger charge is -2.39. The summed E-state index contributed by atoms with van der Waals surface area (Å²) in [4.78, 5) is 5.30. The van der Waals surface area contributed by atoms with Crippen molar-refractivity contribution >= 4 is 33.5 Å². The molecule has 9 aromatic rings. The zero-order valence-electron chi connectivity index (χ0n) is 29.7. The minimum absolute atomic E-state index is 0.105. The summed E-state index contributed by atoms with van der Waals surface area (Å²) >= 11 is 0. The fourth-order valence-corrected chi connectivity index (χ4v) is 9.42. The predicted octanol–water partition coefficient (Wildman–Crippen LogP) is 12.5. The van der Waals surface area contributed by atoms with Crippen molar-refractivity contribution in [1.82, 2.24) is 5.32 Å². The molecule has 1 aliphatic carbocycles. The summed E-state index contributed by atoms with van der Waals surface area (Å²) in [6.07, 6.45) is 0. The molecule has 1 aromatic heterocycles. The fourth-order valence-electron chi connectivity index (χ4n) is 9.42. The molecule has 2 aliphatic heterocycles. The van der Waals surface area contributed by atoms with Crippen LogP contribution in [0.2, 0.25) is 0 Å². The summed E-state index contributed by atoms with van der Waals surface area (Å²) in [5.41, 5.74) is 15.2. The molecule has 258 valence electrons. The van der Waals surface area contributed by atoms with E-state index in [1.807, 2.05) is 12.1 Å². The van der Waals surface area contributed by atoms with Crippen molar-refractivity contribution in [3.63, 3.8) is 0 Å². The van der Waals surface area contributed by atoms with E-state index in [2.05, 4.69) is 175 Å². The molecule has 55 heavy (non-hydrogen) atoms. The summed E-state index contributed by atoms with van der Waals surface area (Å²) < 4.78 is 12.7. The summed E-state index contributed by atoms with van der Waals surface area (Å²) in [5.74, 6) is 2.62. The van der Waals surface area contributed by atoms with Crippen LogP contribution in [0.4, 0.5) is 5.69 Å². The van der Waals surface area contributed by atoms with Crippen LogP contribution in [0.15, 0.2) is 191 Å². The maximum atomic E-state index is 6.58. The Labute approximate surface area is 318 Å². The number of nitrogens with zero attached hydrogens (tertiary/aromatic N) is 1. The summed E-state index contributed by atoms with van der Waals surface area (Å²) in [6, 6.07) is 64.7. The Morgan fingerprint density at radius 2 is 1.15 bits per heavy atom. The smallest absolute Gasteiger partial charge is 0.135 e. The van der Waals surface area contributed by atoms with E-state index in [-0.39, 0.29) is 6.04 Å². The van der Waals surface area contributed by atoms with Gasteiger partial charge in [-0.2, -0.15) is 0 Å². The highest BCUT2D eigenvalue weighted by Gasteiger charge is 2.51. The van der Waals surface area contributed by atoms with Crippen LogP contribution in [0, 0.1) is 0 Å². The molecule has 1 unspecified atom stereocenters. The number of hydrogen-bond acceptors (Lipinski definition) is 4. The van der Waals surface area contributed by atoms with Gasteiger partial charge in [-0.05, 0) is 87.5 Å². The van der Waals surface area contributed by atoms with Gasteiger partial charge < -0.3 is 14.5 Å². The maximum absolute atomic E-state index is 6.58. The van der Waals surface area contributed by atoms with Crippen LogP contribution in [0.25, 0.3) is 44.2 Å². The maximum Gasteiger partial charge on any atom is 0.135 e. The number of aliphatic imine (C=N–C) groups is 1. The van der Waals surface area contributed by atoms with Gasteiger partial charge in [0.15, 0.2) is 0 Å². The Kier molecular flexibility index (Phi) is 6.29. The van der Waals surface area contributed by atoms with E-state index in [4.69, 9.17) is 14.1 Å². The van der Waals surface area contributed by atoms with Gasteiger partial charge in [0.1, 0.15) is 28.5 Å². The molecule has 1 atom stereocenters. The van der Waals surface area contributed by atoms with Gasteiger partial charge >= 0.3 is 0 Å². The molecule has 0 fully saturated rings. The van der Waals surface area contributed by atoms with E-state index >= 15 is 0 Å². The van der Waals surface area contributed by atoms with Gasteiger partial charge in [0, 0.05) is 33.0 Å². The number of fused-ring (bicyclic) bond motifs is 13. The predicted molar refractivity (Wildman–Crippen MR) is 221 cm³/mol. The lowest BCUT2D eigenvalue weighted by molar-refractivity contribution is 0.436. The Balaban J connectivity index is 0.998. The zero-order chi connectivity index (χ0) is 36.1. The molecule has 4 nitrogen and oxygen atoms in total. The Bertz CT molecular complexity index is 3030. The van der Waals surface area contributed by atoms with Gasteiger partial charge in [0.2, 0.25) is 0 Å². The molecule has 8 aromatic carbocycles. The quantitative estimate of drug-likeness (QED) is 0.199. The Morgan fingerprint density at radius 3 is 2.02 bits per heavy atom. The fraction of sp³-hybridized carbons (Fsp3) is 0.0392. The zero-order valence-corrected chi connectivity index (χ0v) is 29.7. The van der Waals surface area contributed by atoms with E-state index in [0.29, 0.717) is 0 Å². The van der Waals surface area contributed by atoms with Crippen molar-refractivity contribution in [2.45, 2.75) is 11.5 Å². The van der Waals surface area contributed by atoms with Crippen molar-refractivity contribution in [3.8, 4) is 33.8 Å². The van der Waals surface area contributed by atoms with E-state index in [9.17, 15) is 0 Å². The second kappa shape index (κ2) is 11.4. The van der Waals surface area contributed by atoms with Crippen LogP contribution in [0.5, 0.6) is 11.5 Å². The molecule has 0 radical (unpaired) electrons. The topological polar surface area (TPSA) is 46.8 Å². The monoisotopic (exact) mass is 704 g/mol. The lowest BCUT2D eigenvalue weighted by atomic mass is 9.66. The number of amidine groups is 1. The molecule has 3 heterocycles. The molecule has 12 rings (SSSR count). The number of para-hydroxylation sites is 4. The van der Waals surface area contributed by atoms with Crippen LogP contribution in [0.1, 0.15) is 45.0 Å². The second-order valence-corrected chi connectivity index (χ2v) is 14.7. The van der Waals surface area contributed by atoms with Crippen molar-refractivity contribution in [2.24, 2.45) is 4.99 Å². The van der Waals surface area contributed by atoms with Gasteiger partial charge in [-0.3, -0.25) is 0 Å². The molecular formula is C51H32N2O2. The van der Waals surface area contributed by atoms with Crippen molar-refractivity contribution in [1.29, 1.82) is 0 Å². The molecule has 0 bridgehead atoms. The third-order valence-corrected chi connectivity index (χ3v) is 11.8. The van der Waals surface area contributed by atoms with Crippen LogP contribution >= 0.6 is 0 Å². The van der Waals surface area contributed by atoms with Gasteiger partial charge in [-0.15, -0.1) is 0 Å². The molecule has 0 saturated heterocycles. The van der Waals surface area contributed by atoms with Crippen LogP contribution < -0.4 is 10.1 Å². The molecular weight excluding hydrogens is 673 g/mol. The standard InChI is InChI=1S/C51H32N2O2/c1-4-17-40-35(14-1)36-26-24-34(30-43(36)51(40)41-18-5-9-22-47(41)55-48-23-10-6-19-42(48)51)50-52-44-20-7-2-16-38(44)49(53-50)33-13-11-12-31(28-33)32-25-27-46-39(29-32)37-15-3-8-21-45(37)54-46/h1-30,49H,(H,52,53). The van der Waals surface area contributed by atoms with E-state index in [1.165, 1.54) is 27.8 Å². The van der Waals surface area contributed by atoms with E-state index in [0.717, 1.165) is 78.3 Å². The lowest BCUT2D eigenvalue weighted by Crippen LogP contribution is -2.34. The first-order valence-corrected chi connectivity index (χ1v) is 18.8. The summed E-state index contributed by atoms with van der Waals surface area (Å²) in [5, 5.41) is 6.18. The summed E-state index contributed by atoms with van der Waals surface area (Å²) in [6.45, 7) is 0. The van der Waals surface area contributed by atoms with Crippen molar-refractivity contribution < 1.29 is 9.15 Å². The number of ether oxygens (including phenoxy) is 1. The Hall–Kier alpha value is -7.17. The average molecular weight is 705 g/mol. The Morgan fingerprint density at radius 1 is 0.473 bits per heavy atom. The molecule has 1 N–H and O–H groups in total. The molecule has 1 spiro atoms. The highest BCUT2D eigenvalue weighted by atomic mass is 16.5. The number of nitrogens with one attached hydrogen (secondary N) is 1. The van der Waals surface area contributed by atoms with Gasteiger partial charge in [-0.1, -0.05) is 133 Å². The molecule has 0 saturated carbocycles. The number of rotatable bonds is 3. The molecule has 3 aliphatic rings. The highest BCUT2D eigenvalue weighted by molar-refractivity contribution is 6.06. The van der Waals surface area contributed by atoms with Gasteiger partial charge in [0.25, 0.3) is 0 Å². The van der Waals surface area contributed by atoms with Crippen molar-refractivity contribution in [3.05, 3.63) is 221 Å². The third kappa shape index (κ3) is 4.31. The van der Waals surface area contributed by atoms with Gasteiger partial charge in [0.05, 0.1) is 17.1 Å². The van der Waals surface area contributed by atoms with E-state index < -0.39 is 5.41 Å². The second-order valence-electron chi connectivity index (χ2n) is 14.7. The normalized spacial score (nSPS) is 15.6. The minimum Gasteiger partial charge on any atom is -0.457 e. The first kappa shape index (κ1) is 30.3. The largest absolute Gasteiger partial charge is 0.457 e. The molecule has 4 heteroatoms. The molecule has 0 amide bonds. The first-order chi connectivity index (χ1) is 27.2. The average Bonchev–Trinajstić information content (AvgIpc) is 3.77. The SMILES string of the molecule is c1cc(-c2ccc3oc4ccccc4c3c2)cc(C2NC(c3ccc4c(c3)C3(c5ccccc5Oc5ccccc53)c3ccccc3-4)=Nc3ccccc32)c1. The number of furan rings is 1. The first-order valence-electron chi connectivity index (χ1n) is 18.8. The minimum atomic E-state index is -0.546. The van der Waals surface area contributed by atoms with Crippen LogP contribution in [0.3, 0.4) is 0 Å². The van der Waals surface area contributed by atoms with Crippen LogP contribution in [-0.2, 0) is 5.41 Å². The van der Waals surface area contributed by atoms with Crippen molar-refractivity contribution in [2.75, 3.05) is 0 Å². The highest BCUT2D eigenvalue weighted by Crippen LogP contribution is 2.62. The summed E-state index contributed by atoms with van der Waals surface area (Å²) in [7, 11) is 0. The number of hydrogen-bond donors (Lipinski definition) is 1. The van der Waals surface area contributed by atoms with E-state index in [1.54, 1.807) is 0 Å². The third-order valence-electron chi connectivity index (χ3n) is 11.8. The van der Waals surface area contributed by atoms with Crippen LogP contribution in [-0.4, -0.2) is 5.84 Å².